The molecule has 1 N–H and O–H groups in total. The van der Waals surface area contributed by atoms with Crippen molar-refractivity contribution in [2.45, 2.75) is 19.9 Å². The third-order valence-corrected chi connectivity index (χ3v) is 5.14. The first-order valence-corrected chi connectivity index (χ1v) is 9.23. The average molecular weight is 390 g/mol. The van der Waals surface area contributed by atoms with Crippen LogP contribution in [0.25, 0.3) is 32.9 Å². The Labute approximate surface area is 166 Å². The summed E-state index contributed by atoms with van der Waals surface area (Å²) in [6.07, 6.45) is 2.37. The molecule has 138 valence electrons. The molecule has 0 amide bonds. The highest BCUT2D eigenvalue weighted by atomic mass is 35.5. The Balaban J connectivity index is 2.15. The van der Waals surface area contributed by atoms with Crippen molar-refractivity contribution in [2.75, 3.05) is 0 Å². The van der Waals surface area contributed by atoms with Crippen molar-refractivity contribution in [3.63, 3.8) is 0 Å². The van der Waals surface area contributed by atoms with Gasteiger partial charge in [0, 0.05) is 38.8 Å². The van der Waals surface area contributed by atoms with E-state index in [4.69, 9.17) is 11.6 Å². The zero-order chi connectivity index (χ0) is 19.8. The van der Waals surface area contributed by atoms with Gasteiger partial charge in [0.05, 0.1) is 17.1 Å². The Morgan fingerprint density at radius 3 is 2.75 bits per heavy atom. The van der Waals surface area contributed by atoms with Crippen molar-refractivity contribution in [1.29, 1.82) is 5.26 Å². The highest BCUT2D eigenvalue weighted by Gasteiger charge is 2.21. The van der Waals surface area contributed by atoms with Crippen LogP contribution in [-0.2, 0) is 17.8 Å². The normalized spacial score (nSPS) is 11.0. The van der Waals surface area contributed by atoms with Gasteiger partial charge in [-0.25, -0.2) is 0 Å². The Morgan fingerprint density at radius 1 is 1.21 bits per heavy atom. The van der Waals surface area contributed by atoms with E-state index >= 15 is 0 Å². The number of carbonyl (C=O) groups is 1. The second-order valence-electron chi connectivity index (χ2n) is 6.52. The molecule has 0 bridgehead atoms. The number of hydrogen-bond acceptors (Lipinski definition) is 3. The molecule has 2 aromatic heterocycles. The van der Waals surface area contributed by atoms with Crippen LogP contribution in [0, 0.1) is 11.3 Å². The standard InChI is InChI=1S/C22H16ClN3O2/c1-2-19-22(16-7-8-25-18-10-14(23)4-5-15(16)18)17-9-13(11-24)3-6-20(17)26(19)12-21(27)28/h3-10H,2,12H2,1H3,(H,27,28). The molecule has 2 heterocycles. The molecular formula is C22H16ClN3O2. The van der Waals surface area contributed by atoms with Gasteiger partial charge in [-0.1, -0.05) is 24.6 Å². The summed E-state index contributed by atoms with van der Waals surface area (Å²) in [5.74, 6) is -0.908. The summed E-state index contributed by atoms with van der Waals surface area (Å²) < 4.78 is 1.82. The molecule has 0 saturated heterocycles. The monoisotopic (exact) mass is 389 g/mol. The molecule has 4 aromatic rings. The molecule has 0 atom stereocenters. The molecule has 28 heavy (non-hydrogen) atoms. The summed E-state index contributed by atoms with van der Waals surface area (Å²) >= 11 is 6.13. The van der Waals surface area contributed by atoms with Gasteiger partial charge >= 0.3 is 5.97 Å². The summed E-state index contributed by atoms with van der Waals surface area (Å²) in [4.78, 5) is 15.9. The predicted octanol–water partition coefficient (Wildman–Crippen LogP) is 5.03. The largest absolute Gasteiger partial charge is 0.480 e. The molecule has 0 spiro atoms. The molecule has 0 unspecified atom stereocenters. The van der Waals surface area contributed by atoms with Gasteiger partial charge in [-0.15, -0.1) is 0 Å². The van der Waals surface area contributed by atoms with Crippen LogP contribution in [0.4, 0.5) is 0 Å². The molecule has 0 saturated carbocycles. The lowest BCUT2D eigenvalue weighted by molar-refractivity contribution is -0.137. The summed E-state index contributed by atoms with van der Waals surface area (Å²) in [6, 6.07) is 15.0. The smallest absolute Gasteiger partial charge is 0.323 e. The lowest BCUT2D eigenvalue weighted by Gasteiger charge is -2.10. The highest BCUT2D eigenvalue weighted by molar-refractivity contribution is 6.31. The average Bonchev–Trinajstić information content (AvgIpc) is 2.99. The van der Waals surface area contributed by atoms with E-state index in [1.807, 2.05) is 47.9 Å². The van der Waals surface area contributed by atoms with Gasteiger partial charge in [-0.2, -0.15) is 5.26 Å². The van der Waals surface area contributed by atoms with Crippen LogP contribution in [0.2, 0.25) is 5.02 Å². The Hall–Kier alpha value is -3.36. The van der Waals surface area contributed by atoms with E-state index in [0.717, 1.165) is 38.6 Å². The van der Waals surface area contributed by atoms with Crippen molar-refractivity contribution in [1.82, 2.24) is 9.55 Å². The number of aliphatic carboxylic acids is 1. The zero-order valence-corrected chi connectivity index (χ0v) is 15.9. The number of nitrogens with zero attached hydrogens (tertiary/aromatic N) is 3. The van der Waals surface area contributed by atoms with E-state index in [2.05, 4.69) is 11.1 Å². The zero-order valence-electron chi connectivity index (χ0n) is 15.1. The molecule has 0 fully saturated rings. The van der Waals surface area contributed by atoms with E-state index in [-0.39, 0.29) is 6.54 Å². The molecule has 0 aliphatic heterocycles. The fourth-order valence-corrected chi connectivity index (χ4v) is 3.97. The molecule has 0 radical (unpaired) electrons. The van der Waals surface area contributed by atoms with Gasteiger partial charge < -0.3 is 9.67 Å². The van der Waals surface area contributed by atoms with Gasteiger partial charge in [-0.3, -0.25) is 9.78 Å². The number of benzene rings is 2. The topological polar surface area (TPSA) is 78.9 Å². The lowest BCUT2D eigenvalue weighted by Crippen LogP contribution is -2.11. The van der Waals surface area contributed by atoms with Crippen LogP contribution in [0.1, 0.15) is 18.2 Å². The molecule has 5 nitrogen and oxygen atoms in total. The summed E-state index contributed by atoms with van der Waals surface area (Å²) in [6.45, 7) is 1.86. The first-order valence-electron chi connectivity index (χ1n) is 8.85. The van der Waals surface area contributed by atoms with E-state index in [1.54, 1.807) is 12.3 Å². The number of halogens is 1. The Kier molecular flexibility index (Phi) is 4.50. The van der Waals surface area contributed by atoms with Crippen LogP contribution >= 0.6 is 11.6 Å². The van der Waals surface area contributed by atoms with E-state index < -0.39 is 5.97 Å². The van der Waals surface area contributed by atoms with Crippen molar-refractivity contribution in [2.24, 2.45) is 0 Å². The van der Waals surface area contributed by atoms with Crippen LogP contribution in [-0.4, -0.2) is 20.6 Å². The van der Waals surface area contributed by atoms with Crippen molar-refractivity contribution in [3.8, 4) is 17.2 Å². The van der Waals surface area contributed by atoms with Gasteiger partial charge in [0.25, 0.3) is 0 Å². The SMILES string of the molecule is CCc1c(-c2ccnc3cc(Cl)ccc23)c2cc(C#N)ccc2n1CC(=O)O. The minimum Gasteiger partial charge on any atom is -0.480 e. The first-order chi connectivity index (χ1) is 13.5. The van der Waals surface area contributed by atoms with Crippen molar-refractivity contribution < 1.29 is 9.90 Å². The maximum absolute atomic E-state index is 11.5. The van der Waals surface area contributed by atoms with E-state index in [0.29, 0.717) is 17.0 Å². The summed E-state index contributed by atoms with van der Waals surface area (Å²) in [5, 5.41) is 21.2. The number of rotatable bonds is 4. The van der Waals surface area contributed by atoms with Gasteiger partial charge in [0.15, 0.2) is 0 Å². The van der Waals surface area contributed by atoms with Gasteiger partial charge in [0.2, 0.25) is 0 Å². The Bertz CT molecular complexity index is 1280. The highest BCUT2D eigenvalue weighted by Crippen LogP contribution is 2.39. The quantitative estimate of drug-likeness (QED) is 0.531. The Morgan fingerprint density at radius 2 is 2.04 bits per heavy atom. The number of fused-ring (bicyclic) bond motifs is 2. The van der Waals surface area contributed by atoms with Crippen molar-refractivity contribution >= 4 is 39.4 Å². The molecule has 4 rings (SSSR count). The molecule has 0 aliphatic carbocycles. The minimum atomic E-state index is -0.908. The number of hydrogen-bond donors (Lipinski definition) is 1. The van der Waals surface area contributed by atoms with E-state index in [1.165, 1.54) is 0 Å². The number of carboxylic acids is 1. The third-order valence-electron chi connectivity index (χ3n) is 4.90. The summed E-state index contributed by atoms with van der Waals surface area (Å²) in [7, 11) is 0. The minimum absolute atomic E-state index is 0.138. The lowest BCUT2D eigenvalue weighted by atomic mass is 9.97. The van der Waals surface area contributed by atoms with Crippen LogP contribution in [0.15, 0.2) is 48.7 Å². The maximum Gasteiger partial charge on any atom is 0.323 e. The van der Waals surface area contributed by atoms with Crippen LogP contribution in [0.3, 0.4) is 0 Å². The fraction of sp³-hybridized carbons (Fsp3) is 0.136. The number of nitriles is 1. The number of carboxylic acid groups (broad SMARTS) is 1. The van der Waals surface area contributed by atoms with Gasteiger partial charge in [-0.05, 0) is 48.4 Å². The molecular weight excluding hydrogens is 374 g/mol. The second kappa shape index (κ2) is 6.99. The van der Waals surface area contributed by atoms with Gasteiger partial charge in [0.1, 0.15) is 6.54 Å². The molecule has 2 aromatic carbocycles. The third kappa shape index (κ3) is 2.88. The predicted molar refractivity (Wildman–Crippen MR) is 109 cm³/mol. The second-order valence-corrected chi connectivity index (χ2v) is 6.96. The number of aromatic nitrogens is 2. The molecule has 6 heteroatoms. The first kappa shape index (κ1) is 18.0. The fourth-order valence-electron chi connectivity index (χ4n) is 3.80. The number of pyridine rings is 1. The van der Waals surface area contributed by atoms with Crippen LogP contribution in [0.5, 0.6) is 0 Å². The van der Waals surface area contributed by atoms with Crippen LogP contribution < -0.4 is 0 Å². The van der Waals surface area contributed by atoms with Crippen molar-refractivity contribution in [3.05, 3.63) is 64.9 Å². The summed E-state index contributed by atoms with van der Waals surface area (Å²) in [5.41, 5.74) is 4.89. The maximum atomic E-state index is 11.5. The molecule has 0 aliphatic rings. The van der Waals surface area contributed by atoms with E-state index in [9.17, 15) is 15.2 Å².